The Morgan fingerprint density at radius 1 is 0.727 bits per heavy atom. The smallest absolute Gasteiger partial charge is 0.123 e. The van der Waals surface area contributed by atoms with Crippen LogP contribution in [0, 0.1) is 24.9 Å². The van der Waals surface area contributed by atoms with E-state index in [0.29, 0.717) is 0 Å². The van der Waals surface area contributed by atoms with Crippen molar-refractivity contribution in [2.24, 2.45) is 0 Å². The minimum Gasteiger partial charge on any atom is -0.305 e. The third-order valence-corrected chi connectivity index (χ3v) is 10.6. The van der Waals surface area contributed by atoms with Crippen LogP contribution in [0.1, 0.15) is 5.56 Å². The fourth-order valence-corrected chi connectivity index (χ4v) is 7.28. The van der Waals surface area contributed by atoms with Crippen LogP contribution in [0.15, 0.2) is 116 Å². The molecule has 0 atom stereocenters. The van der Waals surface area contributed by atoms with Crippen LogP contribution in [0.3, 0.4) is 0 Å². The van der Waals surface area contributed by atoms with Crippen LogP contribution < -0.4 is 5.19 Å². The van der Waals surface area contributed by atoms with Crippen molar-refractivity contribution >= 4 is 44.8 Å². The van der Waals surface area contributed by atoms with Crippen molar-refractivity contribution in [3.63, 3.8) is 0 Å². The predicted molar refractivity (Wildman–Crippen MR) is 183 cm³/mol. The molecule has 221 valence electrons. The average Bonchev–Trinajstić information content (AvgIpc) is 3.40. The number of halogens is 1. The summed E-state index contributed by atoms with van der Waals surface area (Å²) < 4.78 is 16.0. The Morgan fingerprint density at radius 3 is 2.27 bits per heavy atom. The molecule has 0 spiro atoms. The SMILES string of the molecule is C[Si](C)(C)c1ccc(-c2[c-]cccc2)nc1.Cc1ccnc(-c2[c-]ccc3c2sc2cc(-c4cccc(F)c4)ccc23)c1.[Ir]. The molecular weight excluding hydrogens is 756 g/mol. The largest absolute Gasteiger partial charge is 0.305 e. The van der Waals surface area contributed by atoms with E-state index in [1.165, 1.54) is 37.0 Å². The Balaban J connectivity index is 0.000000194. The summed E-state index contributed by atoms with van der Waals surface area (Å²) in [6, 6.07) is 40.0. The van der Waals surface area contributed by atoms with Gasteiger partial charge in [-0.2, -0.15) is 11.3 Å². The summed E-state index contributed by atoms with van der Waals surface area (Å²) in [6.45, 7) is 9.07. The van der Waals surface area contributed by atoms with Gasteiger partial charge in [-0.05, 0) is 69.0 Å². The van der Waals surface area contributed by atoms with Gasteiger partial charge in [-0.3, -0.25) is 0 Å². The van der Waals surface area contributed by atoms with Crippen molar-refractivity contribution in [2.75, 3.05) is 0 Å². The quantitative estimate of drug-likeness (QED) is 0.131. The zero-order chi connectivity index (χ0) is 30.0. The number of aromatic nitrogens is 2. The molecule has 6 heteroatoms. The first kappa shape index (κ1) is 31.6. The summed E-state index contributed by atoms with van der Waals surface area (Å²) in [5.74, 6) is -0.216. The molecule has 0 aliphatic heterocycles. The average molecular weight is 787 g/mol. The van der Waals surface area contributed by atoms with E-state index in [-0.39, 0.29) is 25.9 Å². The Morgan fingerprint density at radius 2 is 1.57 bits per heavy atom. The maximum atomic E-state index is 13.6. The van der Waals surface area contributed by atoms with Crippen molar-refractivity contribution in [1.82, 2.24) is 9.97 Å². The van der Waals surface area contributed by atoms with Gasteiger partial charge in [0, 0.05) is 37.2 Å². The minimum absolute atomic E-state index is 0. The van der Waals surface area contributed by atoms with Crippen LogP contribution in [0.25, 0.3) is 53.8 Å². The second-order valence-corrected chi connectivity index (χ2v) is 17.7. The van der Waals surface area contributed by atoms with Gasteiger partial charge in [0.15, 0.2) is 0 Å². The number of hydrogen-bond donors (Lipinski definition) is 0. The van der Waals surface area contributed by atoms with E-state index < -0.39 is 8.07 Å². The number of benzene rings is 4. The number of thiophene rings is 1. The Kier molecular flexibility index (Phi) is 9.67. The van der Waals surface area contributed by atoms with Crippen molar-refractivity contribution in [2.45, 2.75) is 26.6 Å². The van der Waals surface area contributed by atoms with Crippen LogP contribution in [0.4, 0.5) is 4.39 Å². The topological polar surface area (TPSA) is 25.8 Å². The number of rotatable bonds is 4. The zero-order valence-corrected chi connectivity index (χ0v) is 29.2. The second-order valence-electron chi connectivity index (χ2n) is 11.6. The first-order valence-corrected chi connectivity index (χ1v) is 18.6. The normalized spacial score (nSPS) is 11.1. The summed E-state index contributed by atoms with van der Waals surface area (Å²) in [4.78, 5) is 9.06. The molecule has 3 heterocycles. The molecule has 3 aromatic heterocycles. The van der Waals surface area contributed by atoms with Gasteiger partial charge in [-0.1, -0.05) is 73.1 Å². The molecule has 0 N–H and O–H groups in total. The van der Waals surface area contributed by atoms with Crippen molar-refractivity contribution < 1.29 is 24.5 Å². The number of fused-ring (bicyclic) bond motifs is 3. The van der Waals surface area contributed by atoms with Gasteiger partial charge in [0.1, 0.15) is 5.82 Å². The molecule has 0 aliphatic rings. The van der Waals surface area contributed by atoms with E-state index in [9.17, 15) is 4.39 Å². The molecule has 0 fully saturated rings. The van der Waals surface area contributed by atoms with E-state index in [4.69, 9.17) is 0 Å². The molecule has 44 heavy (non-hydrogen) atoms. The van der Waals surface area contributed by atoms with Gasteiger partial charge < -0.3 is 9.97 Å². The molecule has 1 radical (unpaired) electrons. The predicted octanol–water partition coefficient (Wildman–Crippen LogP) is 10.1. The van der Waals surface area contributed by atoms with Gasteiger partial charge in [-0.25, -0.2) is 4.39 Å². The van der Waals surface area contributed by atoms with Crippen LogP contribution in [-0.2, 0) is 20.1 Å². The van der Waals surface area contributed by atoms with Crippen molar-refractivity contribution in [3.8, 4) is 33.6 Å². The maximum Gasteiger partial charge on any atom is 0.123 e. The summed E-state index contributed by atoms with van der Waals surface area (Å²) in [5, 5.41) is 3.81. The van der Waals surface area contributed by atoms with Gasteiger partial charge in [0.05, 0.1) is 8.07 Å². The van der Waals surface area contributed by atoms with Gasteiger partial charge in [0.2, 0.25) is 0 Å². The van der Waals surface area contributed by atoms with Crippen molar-refractivity contribution in [1.29, 1.82) is 0 Å². The first-order valence-electron chi connectivity index (χ1n) is 14.3. The number of nitrogens with zero attached hydrogens (tertiary/aromatic N) is 2. The van der Waals surface area contributed by atoms with E-state index in [1.807, 2.05) is 54.9 Å². The summed E-state index contributed by atoms with van der Waals surface area (Å²) in [6.07, 6.45) is 3.86. The Labute approximate surface area is 277 Å². The summed E-state index contributed by atoms with van der Waals surface area (Å²) in [5.41, 5.74) is 7.13. The van der Waals surface area contributed by atoms with Crippen LogP contribution >= 0.6 is 11.3 Å². The van der Waals surface area contributed by atoms with Crippen LogP contribution in [0.5, 0.6) is 0 Å². The number of hydrogen-bond acceptors (Lipinski definition) is 3. The third-order valence-electron chi connectivity index (χ3n) is 7.38. The summed E-state index contributed by atoms with van der Waals surface area (Å²) in [7, 11) is -1.23. The standard InChI is InChI=1S/C24H15FNS.C14H16NSi.Ir/c1-15-10-11-26-22(12-15)21-7-3-6-20-19-9-8-17(14-23(19)27-24(20)21)16-4-2-5-18(25)13-16;1-16(2,3)13-9-10-14(15-11-13)12-7-5-4-6-8-12;/h2-6,8-14H,1H3;4-7,9-11H,1-3H3;/q2*-1;. The molecule has 7 aromatic rings. The first-order chi connectivity index (χ1) is 20.8. The van der Waals surface area contributed by atoms with Crippen LogP contribution in [0.2, 0.25) is 19.6 Å². The molecule has 0 amide bonds. The van der Waals surface area contributed by atoms with E-state index >= 15 is 0 Å². The molecule has 4 aromatic carbocycles. The number of aryl methyl sites for hydroxylation is 1. The molecule has 0 aliphatic carbocycles. The van der Waals surface area contributed by atoms with Crippen molar-refractivity contribution in [3.05, 3.63) is 139 Å². The monoisotopic (exact) mass is 787 g/mol. The molecule has 7 rings (SSSR count). The zero-order valence-electron chi connectivity index (χ0n) is 25.0. The molecule has 0 saturated heterocycles. The third kappa shape index (κ3) is 6.95. The molecule has 2 nitrogen and oxygen atoms in total. The van der Waals surface area contributed by atoms with Gasteiger partial charge >= 0.3 is 0 Å². The van der Waals surface area contributed by atoms with Gasteiger partial charge in [-0.15, -0.1) is 59.7 Å². The number of pyridine rings is 2. The Bertz CT molecular complexity index is 2030. The molecule has 0 unspecified atom stereocenters. The minimum atomic E-state index is -1.23. The van der Waals surface area contributed by atoms with Gasteiger partial charge in [0.25, 0.3) is 0 Å². The van der Waals surface area contributed by atoms with Crippen LogP contribution in [-0.4, -0.2) is 18.0 Å². The fourth-order valence-electron chi connectivity index (χ4n) is 5.00. The Hall–Kier alpha value is -3.80. The van der Waals surface area contributed by atoms with E-state index in [0.717, 1.165) is 33.6 Å². The summed E-state index contributed by atoms with van der Waals surface area (Å²) >= 11 is 1.74. The van der Waals surface area contributed by atoms with E-state index in [1.54, 1.807) is 23.5 Å². The fraction of sp³-hybridized carbons (Fsp3) is 0.105. The molecular formula is C38H31FIrN2SSi-2. The van der Waals surface area contributed by atoms with E-state index in [2.05, 4.69) is 91.1 Å². The maximum absolute atomic E-state index is 13.6. The molecule has 0 bridgehead atoms. The molecule has 0 saturated carbocycles. The second kappa shape index (κ2) is 13.5.